The highest BCUT2D eigenvalue weighted by atomic mass is 16.3. The van der Waals surface area contributed by atoms with Crippen LogP contribution >= 0.6 is 0 Å². The highest BCUT2D eigenvalue weighted by Gasteiger charge is 2.28. The third-order valence-electron chi connectivity index (χ3n) is 2.79. The fourth-order valence-corrected chi connectivity index (χ4v) is 1.85. The van der Waals surface area contributed by atoms with Gasteiger partial charge < -0.3 is 15.1 Å². The van der Waals surface area contributed by atoms with Crippen LogP contribution in [0.4, 0.5) is 0 Å². The van der Waals surface area contributed by atoms with Crippen molar-refractivity contribution in [1.82, 2.24) is 4.90 Å². The van der Waals surface area contributed by atoms with Crippen LogP contribution in [0.3, 0.4) is 0 Å². The third-order valence-corrected chi connectivity index (χ3v) is 2.79. The van der Waals surface area contributed by atoms with Gasteiger partial charge in [0, 0.05) is 19.7 Å². The number of likely N-dealkylation sites (tertiary alicyclic amines) is 1. The zero-order chi connectivity index (χ0) is 10.6. The third kappa shape index (κ3) is 2.96. The number of aliphatic hydroxyl groups excluding tert-OH is 2. The summed E-state index contributed by atoms with van der Waals surface area (Å²) < 4.78 is 0. The van der Waals surface area contributed by atoms with E-state index < -0.39 is 6.10 Å². The molecule has 0 bridgehead atoms. The van der Waals surface area contributed by atoms with E-state index in [0.29, 0.717) is 19.0 Å². The second-order valence-corrected chi connectivity index (χ2v) is 3.94. The van der Waals surface area contributed by atoms with Crippen LogP contribution in [-0.2, 0) is 4.79 Å². The van der Waals surface area contributed by atoms with Gasteiger partial charge in [0.25, 0.3) is 0 Å². The monoisotopic (exact) mass is 201 g/mol. The largest absolute Gasteiger partial charge is 0.396 e. The van der Waals surface area contributed by atoms with E-state index in [1.807, 2.05) is 0 Å². The maximum absolute atomic E-state index is 11.3. The lowest BCUT2D eigenvalue weighted by atomic mass is 10.0. The molecule has 1 amide bonds. The lowest BCUT2D eigenvalue weighted by Gasteiger charge is -2.22. The molecule has 1 saturated heterocycles. The molecule has 2 N–H and O–H groups in total. The number of carbonyl (C=O) groups is 1. The Morgan fingerprint density at radius 1 is 1.64 bits per heavy atom. The molecular weight excluding hydrogens is 182 g/mol. The van der Waals surface area contributed by atoms with Gasteiger partial charge in [0.05, 0.1) is 12.5 Å². The van der Waals surface area contributed by atoms with E-state index >= 15 is 0 Å². The summed E-state index contributed by atoms with van der Waals surface area (Å²) in [5.74, 6) is 0.392. The summed E-state index contributed by atoms with van der Waals surface area (Å²) >= 11 is 0. The van der Waals surface area contributed by atoms with Gasteiger partial charge in [-0.25, -0.2) is 0 Å². The number of amides is 1. The van der Waals surface area contributed by atoms with Crippen molar-refractivity contribution in [2.75, 3.05) is 19.7 Å². The molecular formula is C10H19NO3. The van der Waals surface area contributed by atoms with Gasteiger partial charge in [0.2, 0.25) is 5.91 Å². The summed E-state index contributed by atoms with van der Waals surface area (Å²) in [5, 5.41) is 18.1. The van der Waals surface area contributed by atoms with E-state index in [4.69, 9.17) is 5.11 Å². The molecule has 1 aliphatic heterocycles. The minimum absolute atomic E-state index is 0.0360. The lowest BCUT2D eigenvalue weighted by molar-refractivity contribution is -0.128. The highest BCUT2D eigenvalue weighted by molar-refractivity contribution is 5.78. The first kappa shape index (κ1) is 11.5. The molecule has 14 heavy (non-hydrogen) atoms. The molecule has 0 aromatic rings. The van der Waals surface area contributed by atoms with Crippen LogP contribution in [0.2, 0.25) is 0 Å². The molecule has 1 rings (SSSR count). The standard InChI is InChI=1S/C10H19NO3/c1-2-8(3-4-12)6-11-7-9(13)5-10(11)14/h8-9,12-13H,2-7H2,1H3. The van der Waals surface area contributed by atoms with Crippen LogP contribution in [-0.4, -0.2) is 46.8 Å². The van der Waals surface area contributed by atoms with Gasteiger partial charge >= 0.3 is 0 Å². The molecule has 1 heterocycles. The van der Waals surface area contributed by atoms with Crippen LogP contribution in [0.15, 0.2) is 0 Å². The Bertz CT molecular complexity index is 196. The summed E-state index contributed by atoms with van der Waals surface area (Å²) in [5.41, 5.74) is 0. The summed E-state index contributed by atoms with van der Waals surface area (Å²) in [6.07, 6.45) is 1.46. The van der Waals surface area contributed by atoms with E-state index in [2.05, 4.69) is 6.92 Å². The number of rotatable bonds is 5. The number of hydrogen-bond donors (Lipinski definition) is 2. The number of aliphatic hydroxyl groups is 2. The summed E-state index contributed by atoms with van der Waals surface area (Å²) in [7, 11) is 0. The van der Waals surface area contributed by atoms with Crippen molar-refractivity contribution in [3.8, 4) is 0 Å². The van der Waals surface area contributed by atoms with Gasteiger partial charge in [-0.05, 0) is 12.3 Å². The summed E-state index contributed by atoms with van der Waals surface area (Å²) in [6, 6.07) is 0. The zero-order valence-corrected chi connectivity index (χ0v) is 8.65. The first-order chi connectivity index (χ1) is 6.67. The second kappa shape index (κ2) is 5.32. The van der Waals surface area contributed by atoms with Gasteiger partial charge in [-0.3, -0.25) is 4.79 Å². The highest BCUT2D eigenvalue weighted by Crippen LogP contribution is 2.16. The van der Waals surface area contributed by atoms with Crippen LogP contribution < -0.4 is 0 Å². The molecule has 4 nitrogen and oxygen atoms in total. The Balaban J connectivity index is 2.38. The fourth-order valence-electron chi connectivity index (χ4n) is 1.85. The SMILES string of the molecule is CCC(CCO)CN1CC(O)CC1=O. The normalized spacial score (nSPS) is 24.4. The van der Waals surface area contributed by atoms with Crippen molar-refractivity contribution in [3.63, 3.8) is 0 Å². The van der Waals surface area contributed by atoms with Crippen molar-refractivity contribution in [2.24, 2.45) is 5.92 Å². The first-order valence-corrected chi connectivity index (χ1v) is 5.24. The van der Waals surface area contributed by atoms with Crippen LogP contribution in [0, 0.1) is 5.92 Å². The maximum atomic E-state index is 11.3. The quantitative estimate of drug-likeness (QED) is 0.657. The maximum Gasteiger partial charge on any atom is 0.225 e. The smallest absolute Gasteiger partial charge is 0.225 e. The fraction of sp³-hybridized carbons (Fsp3) is 0.900. The van der Waals surface area contributed by atoms with Gasteiger partial charge in [-0.15, -0.1) is 0 Å². The number of β-amino-alcohol motifs (C(OH)–C–C–N with tert-alkyl or cyclic N) is 1. The summed E-state index contributed by atoms with van der Waals surface area (Å²) in [6.45, 7) is 3.36. The molecule has 1 aliphatic rings. The van der Waals surface area contributed by atoms with Crippen molar-refractivity contribution in [3.05, 3.63) is 0 Å². The van der Waals surface area contributed by atoms with Crippen LogP contribution in [0.1, 0.15) is 26.2 Å². The van der Waals surface area contributed by atoms with Crippen LogP contribution in [0.5, 0.6) is 0 Å². The molecule has 0 aromatic carbocycles. The van der Waals surface area contributed by atoms with E-state index in [1.54, 1.807) is 4.90 Å². The Labute approximate surface area is 84.5 Å². The minimum atomic E-state index is -0.492. The zero-order valence-electron chi connectivity index (χ0n) is 8.65. The minimum Gasteiger partial charge on any atom is -0.396 e. The van der Waals surface area contributed by atoms with E-state index in [0.717, 1.165) is 12.8 Å². The predicted octanol–water partition coefficient (Wildman–Crippen LogP) is -0.0118. The first-order valence-electron chi connectivity index (χ1n) is 5.24. The van der Waals surface area contributed by atoms with Crippen molar-refractivity contribution in [1.29, 1.82) is 0 Å². The average Bonchev–Trinajstić information content (AvgIpc) is 2.44. The van der Waals surface area contributed by atoms with Gasteiger partial charge in [0.1, 0.15) is 0 Å². The number of nitrogens with zero attached hydrogens (tertiary/aromatic N) is 1. The summed E-state index contributed by atoms with van der Waals surface area (Å²) in [4.78, 5) is 13.0. The Hall–Kier alpha value is -0.610. The second-order valence-electron chi connectivity index (χ2n) is 3.94. The molecule has 0 aliphatic carbocycles. The van der Waals surface area contributed by atoms with Gasteiger partial charge in [0.15, 0.2) is 0 Å². The number of hydrogen-bond acceptors (Lipinski definition) is 3. The topological polar surface area (TPSA) is 60.8 Å². The van der Waals surface area contributed by atoms with Gasteiger partial charge in [-0.2, -0.15) is 0 Å². The molecule has 2 atom stereocenters. The van der Waals surface area contributed by atoms with Crippen LogP contribution in [0.25, 0.3) is 0 Å². The predicted molar refractivity (Wildman–Crippen MR) is 52.7 cm³/mol. The Morgan fingerprint density at radius 2 is 2.36 bits per heavy atom. The molecule has 2 unspecified atom stereocenters. The van der Waals surface area contributed by atoms with E-state index in [9.17, 15) is 9.90 Å². The molecule has 4 heteroatoms. The van der Waals surface area contributed by atoms with E-state index in [-0.39, 0.29) is 18.9 Å². The van der Waals surface area contributed by atoms with Crippen molar-refractivity contribution in [2.45, 2.75) is 32.3 Å². The molecule has 0 aromatic heterocycles. The Kier molecular flexibility index (Phi) is 4.35. The van der Waals surface area contributed by atoms with E-state index in [1.165, 1.54) is 0 Å². The Morgan fingerprint density at radius 3 is 2.79 bits per heavy atom. The van der Waals surface area contributed by atoms with Gasteiger partial charge in [-0.1, -0.05) is 13.3 Å². The molecule has 0 radical (unpaired) electrons. The average molecular weight is 201 g/mol. The molecule has 0 saturated carbocycles. The molecule has 82 valence electrons. The van der Waals surface area contributed by atoms with Crippen molar-refractivity contribution < 1.29 is 15.0 Å². The number of carbonyl (C=O) groups excluding carboxylic acids is 1. The van der Waals surface area contributed by atoms with Crippen molar-refractivity contribution >= 4 is 5.91 Å². The molecule has 0 spiro atoms. The molecule has 1 fully saturated rings. The lowest BCUT2D eigenvalue weighted by Crippen LogP contribution is -2.31.